The third-order valence-electron chi connectivity index (χ3n) is 2.61. The van der Waals surface area contributed by atoms with Crippen LogP contribution in [0.15, 0.2) is 24.3 Å². The quantitative estimate of drug-likeness (QED) is 0.777. The van der Waals surface area contributed by atoms with E-state index < -0.39 is 0 Å². The lowest BCUT2D eigenvalue weighted by Crippen LogP contribution is -2.33. The highest BCUT2D eigenvalue weighted by molar-refractivity contribution is 5.99. The molecule has 1 aromatic rings. The summed E-state index contributed by atoms with van der Waals surface area (Å²) >= 11 is 0. The summed E-state index contributed by atoms with van der Waals surface area (Å²) < 4.78 is 5.11. The number of hydrogen-bond donors (Lipinski definition) is 1. The number of benzene rings is 1. The van der Waals surface area contributed by atoms with Crippen LogP contribution in [0.25, 0.3) is 0 Å². The van der Waals surface area contributed by atoms with E-state index in [1.165, 1.54) is 0 Å². The Bertz CT molecular complexity index is 379. The van der Waals surface area contributed by atoms with Gasteiger partial charge in [-0.25, -0.2) is 0 Å². The van der Waals surface area contributed by atoms with E-state index in [0.29, 0.717) is 6.54 Å². The summed E-state index contributed by atoms with van der Waals surface area (Å²) in [5, 5.41) is 0. The summed E-state index contributed by atoms with van der Waals surface area (Å²) in [6.07, 6.45) is 0.718. The molecule has 0 radical (unpaired) electrons. The molecule has 0 spiro atoms. The predicted octanol–water partition coefficient (Wildman–Crippen LogP) is 0.759. The molecular weight excluding hydrogens is 192 g/mol. The zero-order valence-corrected chi connectivity index (χ0v) is 8.64. The molecular formula is C11H14N2O2. The second-order valence-corrected chi connectivity index (χ2v) is 3.59. The van der Waals surface area contributed by atoms with Gasteiger partial charge in [0.05, 0.1) is 13.2 Å². The topological polar surface area (TPSA) is 55.6 Å². The fraction of sp³-hybridized carbons (Fsp3) is 0.364. The largest absolute Gasteiger partial charge is 0.497 e. The first kappa shape index (κ1) is 9.98. The highest BCUT2D eigenvalue weighted by atomic mass is 16.5. The molecule has 0 bridgehead atoms. The van der Waals surface area contributed by atoms with Crippen LogP contribution in [0.1, 0.15) is 6.42 Å². The summed E-state index contributed by atoms with van der Waals surface area (Å²) in [5.74, 6) is 0.740. The lowest BCUT2D eigenvalue weighted by Gasteiger charge is -2.16. The molecule has 1 atom stereocenters. The SMILES string of the molecule is COc1cccc(N2CCC(N)C2=O)c1. The Kier molecular flexibility index (Phi) is 2.60. The van der Waals surface area contributed by atoms with Gasteiger partial charge in [0.25, 0.3) is 0 Å². The van der Waals surface area contributed by atoms with Gasteiger partial charge in [-0.05, 0) is 18.6 Å². The van der Waals surface area contributed by atoms with Gasteiger partial charge >= 0.3 is 0 Å². The first-order chi connectivity index (χ1) is 7.22. The summed E-state index contributed by atoms with van der Waals surface area (Å²) in [5.41, 5.74) is 6.51. The average Bonchev–Trinajstić information content (AvgIpc) is 2.60. The highest BCUT2D eigenvalue weighted by Crippen LogP contribution is 2.24. The van der Waals surface area contributed by atoms with Crippen LogP contribution in [0.5, 0.6) is 5.75 Å². The van der Waals surface area contributed by atoms with Crippen molar-refractivity contribution in [3.8, 4) is 5.75 Å². The third kappa shape index (κ3) is 1.80. The number of methoxy groups -OCH3 is 1. The number of nitrogens with two attached hydrogens (primary N) is 1. The van der Waals surface area contributed by atoms with Crippen molar-refractivity contribution in [1.82, 2.24) is 0 Å². The maximum Gasteiger partial charge on any atom is 0.243 e. The molecule has 1 heterocycles. The van der Waals surface area contributed by atoms with Crippen molar-refractivity contribution >= 4 is 11.6 Å². The second-order valence-electron chi connectivity index (χ2n) is 3.59. The van der Waals surface area contributed by atoms with Crippen LogP contribution >= 0.6 is 0 Å². The van der Waals surface area contributed by atoms with Crippen LogP contribution in [-0.4, -0.2) is 25.6 Å². The van der Waals surface area contributed by atoms with E-state index in [9.17, 15) is 4.79 Å². The molecule has 0 aromatic heterocycles. The Balaban J connectivity index is 2.26. The molecule has 2 rings (SSSR count). The van der Waals surface area contributed by atoms with Crippen molar-refractivity contribution < 1.29 is 9.53 Å². The Morgan fingerprint density at radius 2 is 2.33 bits per heavy atom. The Morgan fingerprint density at radius 3 is 2.93 bits per heavy atom. The molecule has 15 heavy (non-hydrogen) atoms. The smallest absolute Gasteiger partial charge is 0.243 e. The summed E-state index contributed by atoms with van der Waals surface area (Å²) in [7, 11) is 1.61. The number of carbonyl (C=O) groups is 1. The maximum absolute atomic E-state index is 11.7. The first-order valence-corrected chi connectivity index (χ1v) is 4.93. The highest BCUT2D eigenvalue weighted by Gasteiger charge is 2.29. The molecule has 1 fully saturated rings. The molecule has 1 aromatic carbocycles. The molecule has 1 aliphatic heterocycles. The van der Waals surface area contributed by atoms with Crippen LogP contribution in [0.2, 0.25) is 0 Å². The van der Waals surface area contributed by atoms with Gasteiger partial charge in [-0.15, -0.1) is 0 Å². The van der Waals surface area contributed by atoms with E-state index in [2.05, 4.69) is 0 Å². The monoisotopic (exact) mass is 206 g/mol. The number of amides is 1. The van der Waals surface area contributed by atoms with Crippen molar-refractivity contribution in [2.24, 2.45) is 5.73 Å². The Labute approximate surface area is 88.6 Å². The number of carbonyl (C=O) groups excluding carboxylic acids is 1. The summed E-state index contributed by atoms with van der Waals surface area (Å²) in [4.78, 5) is 13.4. The van der Waals surface area contributed by atoms with Gasteiger partial charge < -0.3 is 15.4 Å². The zero-order chi connectivity index (χ0) is 10.8. The van der Waals surface area contributed by atoms with Crippen molar-refractivity contribution in [1.29, 1.82) is 0 Å². The van der Waals surface area contributed by atoms with Crippen molar-refractivity contribution in [2.75, 3.05) is 18.6 Å². The number of rotatable bonds is 2. The minimum atomic E-state index is -0.351. The van der Waals surface area contributed by atoms with Crippen LogP contribution < -0.4 is 15.4 Å². The molecule has 4 heteroatoms. The normalized spacial score (nSPS) is 20.8. The maximum atomic E-state index is 11.7. The predicted molar refractivity (Wildman–Crippen MR) is 57.9 cm³/mol. The van der Waals surface area contributed by atoms with E-state index in [1.54, 1.807) is 12.0 Å². The van der Waals surface area contributed by atoms with E-state index in [0.717, 1.165) is 17.9 Å². The van der Waals surface area contributed by atoms with Crippen molar-refractivity contribution in [2.45, 2.75) is 12.5 Å². The lowest BCUT2D eigenvalue weighted by atomic mass is 10.2. The fourth-order valence-electron chi connectivity index (χ4n) is 1.74. The van der Waals surface area contributed by atoms with Crippen LogP contribution in [0.3, 0.4) is 0 Å². The summed E-state index contributed by atoms with van der Waals surface area (Å²) in [6.45, 7) is 0.688. The van der Waals surface area contributed by atoms with Gasteiger partial charge in [0, 0.05) is 18.3 Å². The molecule has 0 saturated carbocycles. The number of hydrogen-bond acceptors (Lipinski definition) is 3. The number of ether oxygens (including phenoxy) is 1. The third-order valence-corrected chi connectivity index (χ3v) is 2.61. The number of anilines is 1. The number of nitrogens with zero attached hydrogens (tertiary/aromatic N) is 1. The van der Waals surface area contributed by atoms with E-state index in [1.807, 2.05) is 24.3 Å². The molecule has 1 amide bonds. The van der Waals surface area contributed by atoms with Gasteiger partial charge in [0.15, 0.2) is 0 Å². The molecule has 1 unspecified atom stereocenters. The van der Waals surface area contributed by atoms with Crippen LogP contribution in [0, 0.1) is 0 Å². The lowest BCUT2D eigenvalue weighted by molar-refractivity contribution is -0.118. The van der Waals surface area contributed by atoms with E-state index in [4.69, 9.17) is 10.5 Å². The molecule has 4 nitrogen and oxygen atoms in total. The average molecular weight is 206 g/mol. The van der Waals surface area contributed by atoms with Crippen molar-refractivity contribution in [3.63, 3.8) is 0 Å². The van der Waals surface area contributed by atoms with Crippen LogP contribution in [-0.2, 0) is 4.79 Å². The zero-order valence-electron chi connectivity index (χ0n) is 8.64. The summed E-state index contributed by atoms with van der Waals surface area (Å²) in [6, 6.07) is 7.10. The molecule has 80 valence electrons. The molecule has 0 aliphatic carbocycles. The minimum Gasteiger partial charge on any atom is -0.497 e. The van der Waals surface area contributed by atoms with Gasteiger partial charge in [-0.3, -0.25) is 4.79 Å². The van der Waals surface area contributed by atoms with Gasteiger partial charge in [-0.2, -0.15) is 0 Å². The minimum absolute atomic E-state index is 0.0109. The van der Waals surface area contributed by atoms with Gasteiger partial charge in [-0.1, -0.05) is 6.07 Å². The fourth-order valence-corrected chi connectivity index (χ4v) is 1.74. The van der Waals surface area contributed by atoms with E-state index in [-0.39, 0.29) is 11.9 Å². The molecule has 1 saturated heterocycles. The second kappa shape index (κ2) is 3.90. The molecule has 2 N–H and O–H groups in total. The van der Waals surface area contributed by atoms with E-state index >= 15 is 0 Å². The van der Waals surface area contributed by atoms with Crippen molar-refractivity contribution in [3.05, 3.63) is 24.3 Å². The Hall–Kier alpha value is -1.55. The van der Waals surface area contributed by atoms with Gasteiger partial charge in [0.1, 0.15) is 5.75 Å². The van der Waals surface area contributed by atoms with Gasteiger partial charge in [0.2, 0.25) is 5.91 Å². The molecule has 1 aliphatic rings. The Morgan fingerprint density at radius 1 is 1.53 bits per heavy atom. The standard InChI is InChI=1S/C11H14N2O2/c1-15-9-4-2-3-8(7-9)13-6-5-10(12)11(13)14/h2-4,7,10H,5-6,12H2,1H3. The first-order valence-electron chi connectivity index (χ1n) is 4.93. The van der Waals surface area contributed by atoms with Crippen LogP contribution in [0.4, 0.5) is 5.69 Å².